The molecule has 4 heteroatoms. The Morgan fingerprint density at radius 3 is 2.17 bits per heavy atom. The van der Waals surface area contributed by atoms with E-state index in [-0.39, 0.29) is 18.3 Å². The summed E-state index contributed by atoms with van der Waals surface area (Å²) in [5.74, 6) is 0. The summed E-state index contributed by atoms with van der Waals surface area (Å²) in [4.78, 5) is 2.58. The SMILES string of the molecule is CC1(C)OB(c2cccc(CN3CCCCCC3)c2)OC1(C)C. The van der Waals surface area contributed by atoms with E-state index in [1.54, 1.807) is 0 Å². The second-order valence-corrected chi connectivity index (χ2v) is 8.02. The van der Waals surface area contributed by atoms with E-state index in [1.165, 1.54) is 44.3 Å². The van der Waals surface area contributed by atoms with Crippen molar-refractivity contribution in [3.05, 3.63) is 29.8 Å². The molecule has 0 N–H and O–H groups in total. The van der Waals surface area contributed by atoms with Gasteiger partial charge in [0, 0.05) is 6.54 Å². The molecule has 0 aromatic heterocycles. The van der Waals surface area contributed by atoms with Gasteiger partial charge in [0.1, 0.15) is 0 Å². The van der Waals surface area contributed by atoms with Crippen LogP contribution in [0.2, 0.25) is 0 Å². The molecule has 0 amide bonds. The molecule has 3 rings (SSSR count). The van der Waals surface area contributed by atoms with Gasteiger partial charge in [0.25, 0.3) is 0 Å². The highest BCUT2D eigenvalue weighted by atomic mass is 16.7. The molecule has 0 spiro atoms. The van der Waals surface area contributed by atoms with Crippen molar-refractivity contribution in [1.29, 1.82) is 0 Å². The lowest BCUT2D eigenvalue weighted by Gasteiger charge is -2.32. The minimum atomic E-state index is -0.279. The first kappa shape index (κ1) is 17.0. The van der Waals surface area contributed by atoms with Gasteiger partial charge in [-0.2, -0.15) is 0 Å². The quantitative estimate of drug-likeness (QED) is 0.798. The lowest BCUT2D eigenvalue weighted by atomic mass is 9.78. The fourth-order valence-electron chi connectivity index (χ4n) is 3.37. The predicted molar refractivity (Wildman–Crippen MR) is 95.9 cm³/mol. The molecule has 0 radical (unpaired) electrons. The molecule has 0 unspecified atom stereocenters. The first-order chi connectivity index (χ1) is 10.9. The van der Waals surface area contributed by atoms with Crippen molar-refractivity contribution >= 4 is 12.6 Å². The molecular weight excluding hydrogens is 285 g/mol. The Bertz CT molecular complexity index is 520. The van der Waals surface area contributed by atoms with Gasteiger partial charge in [0.05, 0.1) is 11.2 Å². The molecule has 23 heavy (non-hydrogen) atoms. The largest absolute Gasteiger partial charge is 0.494 e. The highest BCUT2D eigenvalue weighted by Gasteiger charge is 2.51. The summed E-state index contributed by atoms with van der Waals surface area (Å²) in [5.41, 5.74) is 1.94. The highest BCUT2D eigenvalue weighted by molar-refractivity contribution is 6.62. The van der Waals surface area contributed by atoms with Crippen LogP contribution < -0.4 is 5.46 Å². The van der Waals surface area contributed by atoms with Crippen molar-refractivity contribution in [3.63, 3.8) is 0 Å². The van der Waals surface area contributed by atoms with Crippen LogP contribution in [0.3, 0.4) is 0 Å². The van der Waals surface area contributed by atoms with Crippen molar-refractivity contribution in [3.8, 4) is 0 Å². The Morgan fingerprint density at radius 1 is 0.957 bits per heavy atom. The topological polar surface area (TPSA) is 21.7 Å². The summed E-state index contributed by atoms with van der Waals surface area (Å²) >= 11 is 0. The summed E-state index contributed by atoms with van der Waals surface area (Å²) in [6.45, 7) is 11.9. The molecule has 0 bridgehead atoms. The van der Waals surface area contributed by atoms with Crippen LogP contribution >= 0.6 is 0 Å². The molecule has 3 nitrogen and oxygen atoms in total. The summed E-state index contributed by atoms with van der Waals surface area (Å²) in [5, 5.41) is 0. The van der Waals surface area contributed by atoms with Gasteiger partial charge in [-0.3, -0.25) is 4.90 Å². The standard InChI is InChI=1S/C19H30BNO2/c1-18(2)19(3,4)23-20(22-18)17-11-9-10-16(14-17)15-21-12-7-5-6-8-13-21/h9-11,14H,5-8,12-13,15H2,1-4H3. The number of hydrogen-bond acceptors (Lipinski definition) is 3. The molecular formula is C19H30BNO2. The number of nitrogens with zero attached hydrogens (tertiary/aromatic N) is 1. The molecule has 2 aliphatic heterocycles. The summed E-state index contributed by atoms with van der Waals surface area (Å²) in [6.07, 6.45) is 5.42. The van der Waals surface area contributed by atoms with Crippen LogP contribution in [0.15, 0.2) is 24.3 Å². The third-order valence-electron chi connectivity index (χ3n) is 5.58. The van der Waals surface area contributed by atoms with Gasteiger partial charge in [-0.25, -0.2) is 0 Å². The van der Waals surface area contributed by atoms with E-state index in [9.17, 15) is 0 Å². The number of benzene rings is 1. The molecule has 126 valence electrons. The number of likely N-dealkylation sites (tertiary alicyclic amines) is 1. The third-order valence-corrected chi connectivity index (χ3v) is 5.58. The average molecular weight is 315 g/mol. The maximum atomic E-state index is 6.18. The first-order valence-electron chi connectivity index (χ1n) is 9.04. The zero-order valence-electron chi connectivity index (χ0n) is 15.1. The van der Waals surface area contributed by atoms with Crippen molar-refractivity contribution in [2.24, 2.45) is 0 Å². The van der Waals surface area contributed by atoms with Crippen molar-refractivity contribution in [2.75, 3.05) is 13.1 Å². The molecule has 2 heterocycles. The van der Waals surface area contributed by atoms with E-state index >= 15 is 0 Å². The number of hydrogen-bond donors (Lipinski definition) is 0. The van der Waals surface area contributed by atoms with E-state index in [0.29, 0.717) is 0 Å². The van der Waals surface area contributed by atoms with Gasteiger partial charge in [0.2, 0.25) is 0 Å². The van der Waals surface area contributed by atoms with E-state index in [0.717, 1.165) is 12.0 Å². The van der Waals surface area contributed by atoms with Gasteiger partial charge in [-0.15, -0.1) is 0 Å². The highest BCUT2D eigenvalue weighted by Crippen LogP contribution is 2.36. The molecule has 0 saturated carbocycles. The van der Waals surface area contributed by atoms with E-state index < -0.39 is 0 Å². The second kappa shape index (κ2) is 6.58. The summed E-state index contributed by atoms with van der Waals surface area (Å²) in [7, 11) is -0.260. The van der Waals surface area contributed by atoms with Crippen LogP contribution in [-0.2, 0) is 15.9 Å². The monoisotopic (exact) mass is 315 g/mol. The van der Waals surface area contributed by atoms with Crippen molar-refractivity contribution < 1.29 is 9.31 Å². The lowest BCUT2D eigenvalue weighted by molar-refractivity contribution is 0.00578. The van der Waals surface area contributed by atoms with Crippen LogP contribution in [0.25, 0.3) is 0 Å². The van der Waals surface area contributed by atoms with Gasteiger partial charge >= 0.3 is 7.12 Å². The Balaban J connectivity index is 1.70. The van der Waals surface area contributed by atoms with Gasteiger partial charge in [-0.05, 0) is 64.7 Å². The summed E-state index contributed by atoms with van der Waals surface area (Å²) in [6, 6.07) is 8.73. The molecule has 2 fully saturated rings. The zero-order chi connectivity index (χ0) is 16.5. The maximum absolute atomic E-state index is 6.18. The van der Waals surface area contributed by atoms with Crippen molar-refractivity contribution in [1.82, 2.24) is 4.90 Å². The van der Waals surface area contributed by atoms with Crippen LogP contribution in [0.1, 0.15) is 58.9 Å². The molecule has 1 aromatic rings. The molecule has 2 aliphatic rings. The minimum Gasteiger partial charge on any atom is -0.399 e. The predicted octanol–water partition coefficient (Wildman–Crippen LogP) is 3.36. The van der Waals surface area contributed by atoms with Crippen LogP contribution in [-0.4, -0.2) is 36.3 Å². The molecule has 1 aromatic carbocycles. The van der Waals surface area contributed by atoms with Gasteiger partial charge < -0.3 is 9.31 Å². The fraction of sp³-hybridized carbons (Fsp3) is 0.684. The molecule has 0 aliphatic carbocycles. The molecule has 0 atom stereocenters. The van der Waals surface area contributed by atoms with Crippen molar-refractivity contribution in [2.45, 2.75) is 71.1 Å². The van der Waals surface area contributed by atoms with E-state index in [1.807, 2.05) is 0 Å². The Labute approximate surface area is 141 Å². The lowest BCUT2D eigenvalue weighted by Crippen LogP contribution is -2.41. The van der Waals surface area contributed by atoms with Crippen LogP contribution in [0.5, 0.6) is 0 Å². The minimum absolute atomic E-state index is 0.260. The Hall–Kier alpha value is -0.835. The first-order valence-corrected chi connectivity index (χ1v) is 9.04. The van der Waals surface area contributed by atoms with Gasteiger partial charge in [-0.1, -0.05) is 37.1 Å². The third kappa shape index (κ3) is 3.81. The normalized spacial score (nSPS) is 24.6. The van der Waals surface area contributed by atoms with E-state index in [2.05, 4.69) is 56.9 Å². The van der Waals surface area contributed by atoms with Crippen LogP contribution in [0.4, 0.5) is 0 Å². The summed E-state index contributed by atoms with van der Waals surface area (Å²) < 4.78 is 12.4. The fourth-order valence-corrected chi connectivity index (χ4v) is 3.37. The second-order valence-electron chi connectivity index (χ2n) is 8.02. The van der Waals surface area contributed by atoms with E-state index in [4.69, 9.17) is 9.31 Å². The molecule has 2 saturated heterocycles. The zero-order valence-corrected chi connectivity index (χ0v) is 15.1. The Morgan fingerprint density at radius 2 is 1.57 bits per heavy atom. The number of rotatable bonds is 3. The maximum Gasteiger partial charge on any atom is 0.494 e. The average Bonchev–Trinajstić information content (AvgIpc) is 2.67. The van der Waals surface area contributed by atoms with Crippen LogP contribution in [0, 0.1) is 0 Å². The smallest absolute Gasteiger partial charge is 0.399 e. The Kier molecular flexibility index (Phi) is 4.86. The van der Waals surface area contributed by atoms with Gasteiger partial charge in [0.15, 0.2) is 0 Å².